The minimum atomic E-state index is -1.10. The van der Waals surface area contributed by atoms with Gasteiger partial charge in [0.05, 0.1) is 0 Å². The molecule has 1 rings (SSSR count). The number of hydrogen-bond donors (Lipinski definition) is 0. The summed E-state index contributed by atoms with van der Waals surface area (Å²) in [4.78, 5) is 45.5. The highest BCUT2D eigenvalue weighted by Gasteiger charge is 2.51. The van der Waals surface area contributed by atoms with Crippen LogP contribution in [0.3, 0.4) is 0 Å². The summed E-state index contributed by atoms with van der Waals surface area (Å²) in [5.74, 6) is -2.45. The Bertz CT molecular complexity index is 521. The first kappa shape index (κ1) is 21.2. The molecule has 1 heterocycles. The van der Waals surface area contributed by atoms with Crippen molar-refractivity contribution >= 4 is 35.6 Å². The van der Waals surface area contributed by atoms with E-state index in [2.05, 4.69) is 0 Å². The maximum atomic E-state index is 11.5. The van der Waals surface area contributed by atoms with E-state index in [0.29, 0.717) is 0 Å². The summed E-state index contributed by atoms with van der Waals surface area (Å²) in [5.41, 5.74) is -0.708. The molecule has 142 valence electrons. The molecule has 0 saturated carbocycles. The molecular formula is C15H22O9S. The van der Waals surface area contributed by atoms with Crippen LogP contribution in [0.1, 0.15) is 27.7 Å². The van der Waals surface area contributed by atoms with Gasteiger partial charge < -0.3 is 23.7 Å². The smallest absolute Gasteiger partial charge is 0.303 e. The van der Waals surface area contributed by atoms with E-state index in [4.69, 9.17) is 23.7 Å². The summed E-state index contributed by atoms with van der Waals surface area (Å²) in [7, 11) is 0. The van der Waals surface area contributed by atoms with Crippen LogP contribution in [0.2, 0.25) is 0 Å². The Balaban J connectivity index is 3.18. The molecule has 0 aliphatic carbocycles. The normalized spacial score (nSPS) is 28.6. The number of carbonyl (C=O) groups is 4. The van der Waals surface area contributed by atoms with Gasteiger partial charge in [-0.15, -0.1) is 11.8 Å². The summed E-state index contributed by atoms with van der Waals surface area (Å²) in [6, 6.07) is 0. The fourth-order valence-corrected chi connectivity index (χ4v) is 3.11. The van der Waals surface area contributed by atoms with Gasteiger partial charge in [0.25, 0.3) is 0 Å². The van der Waals surface area contributed by atoms with Crippen molar-refractivity contribution in [3.63, 3.8) is 0 Å². The average molecular weight is 378 g/mol. The van der Waals surface area contributed by atoms with Crippen LogP contribution in [0.15, 0.2) is 0 Å². The second kappa shape index (κ2) is 9.62. The number of rotatable bonds is 6. The predicted octanol–water partition coefficient (Wildman–Crippen LogP) is 0.432. The maximum absolute atomic E-state index is 11.5. The molecule has 25 heavy (non-hydrogen) atoms. The van der Waals surface area contributed by atoms with Gasteiger partial charge in [-0.05, 0) is 6.26 Å². The van der Waals surface area contributed by atoms with Gasteiger partial charge in [-0.3, -0.25) is 19.2 Å². The Morgan fingerprint density at radius 3 is 1.72 bits per heavy atom. The lowest BCUT2D eigenvalue weighted by Crippen LogP contribution is -2.61. The molecule has 10 heteroatoms. The standard InChI is InChI=1S/C15H22O9S/c1-7(16)20-6-11-12(21-8(2)17)13(22-9(3)18)14(23-10(4)19)15(24-11)25-5/h11-15H,6H2,1-5H3/t11-,12+,13+,14+,15+/m1/s1. The van der Waals surface area contributed by atoms with Crippen molar-refractivity contribution in [2.45, 2.75) is 57.5 Å². The molecule has 0 N–H and O–H groups in total. The van der Waals surface area contributed by atoms with Crippen LogP contribution in [0.25, 0.3) is 0 Å². The van der Waals surface area contributed by atoms with E-state index in [0.717, 1.165) is 0 Å². The van der Waals surface area contributed by atoms with Crippen molar-refractivity contribution in [2.24, 2.45) is 0 Å². The topological polar surface area (TPSA) is 114 Å². The first-order valence-electron chi connectivity index (χ1n) is 7.49. The minimum absolute atomic E-state index is 0.213. The molecule has 5 atom stereocenters. The Hall–Kier alpha value is -1.81. The third-order valence-corrected chi connectivity index (χ3v) is 4.02. The van der Waals surface area contributed by atoms with Gasteiger partial charge in [-0.2, -0.15) is 0 Å². The van der Waals surface area contributed by atoms with Gasteiger partial charge in [0.1, 0.15) is 18.1 Å². The largest absolute Gasteiger partial charge is 0.463 e. The first-order valence-corrected chi connectivity index (χ1v) is 8.77. The molecule has 1 fully saturated rings. The highest BCUT2D eigenvalue weighted by atomic mass is 32.2. The zero-order chi connectivity index (χ0) is 19.1. The fourth-order valence-electron chi connectivity index (χ4n) is 2.38. The van der Waals surface area contributed by atoms with E-state index in [9.17, 15) is 19.2 Å². The second-order valence-electron chi connectivity index (χ2n) is 5.30. The summed E-state index contributed by atoms with van der Waals surface area (Å²) in [5, 5.41) is 0. The molecule has 0 bridgehead atoms. The summed E-state index contributed by atoms with van der Waals surface area (Å²) >= 11 is 1.21. The number of thioether (sulfide) groups is 1. The number of carbonyl (C=O) groups excluding carboxylic acids is 4. The van der Waals surface area contributed by atoms with E-state index in [1.165, 1.54) is 39.5 Å². The van der Waals surface area contributed by atoms with Crippen LogP contribution in [0, 0.1) is 0 Å². The molecule has 0 amide bonds. The second-order valence-corrected chi connectivity index (χ2v) is 6.24. The van der Waals surface area contributed by atoms with Crippen LogP contribution in [-0.4, -0.2) is 66.6 Å². The van der Waals surface area contributed by atoms with E-state index in [1.54, 1.807) is 6.26 Å². The number of esters is 4. The first-order chi connectivity index (χ1) is 11.6. The van der Waals surface area contributed by atoms with Crippen LogP contribution >= 0.6 is 11.8 Å². The van der Waals surface area contributed by atoms with Crippen molar-refractivity contribution in [2.75, 3.05) is 12.9 Å². The summed E-state index contributed by atoms with van der Waals surface area (Å²) in [6.45, 7) is 4.57. The molecular weight excluding hydrogens is 356 g/mol. The van der Waals surface area contributed by atoms with Crippen molar-refractivity contribution < 1.29 is 42.9 Å². The molecule has 0 spiro atoms. The van der Waals surface area contributed by atoms with E-state index in [-0.39, 0.29) is 6.61 Å². The molecule has 0 radical (unpaired) electrons. The molecule has 1 aliphatic heterocycles. The van der Waals surface area contributed by atoms with Crippen molar-refractivity contribution in [3.8, 4) is 0 Å². The molecule has 1 saturated heterocycles. The lowest BCUT2D eigenvalue weighted by molar-refractivity contribution is -0.237. The Morgan fingerprint density at radius 2 is 1.28 bits per heavy atom. The monoisotopic (exact) mass is 378 g/mol. The highest BCUT2D eigenvalue weighted by Crippen LogP contribution is 2.33. The average Bonchev–Trinajstić information content (AvgIpc) is 2.48. The van der Waals surface area contributed by atoms with Crippen LogP contribution in [-0.2, 0) is 42.9 Å². The van der Waals surface area contributed by atoms with Gasteiger partial charge in [-0.25, -0.2) is 0 Å². The fraction of sp³-hybridized carbons (Fsp3) is 0.733. The molecule has 0 aromatic carbocycles. The number of hydrogen-bond acceptors (Lipinski definition) is 10. The van der Waals surface area contributed by atoms with Crippen molar-refractivity contribution in [3.05, 3.63) is 0 Å². The predicted molar refractivity (Wildman–Crippen MR) is 85.5 cm³/mol. The molecule has 0 aromatic heterocycles. The maximum Gasteiger partial charge on any atom is 0.303 e. The van der Waals surface area contributed by atoms with Crippen LogP contribution in [0.5, 0.6) is 0 Å². The minimum Gasteiger partial charge on any atom is -0.463 e. The van der Waals surface area contributed by atoms with Crippen LogP contribution < -0.4 is 0 Å². The van der Waals surface area contributed by atoms with Crippen molar-refractivity contribution in [1.82, 2.24) is 0 Å². The quantitative estimate of drug-likeness (QED) is 0.476. The lowest BCUT2D eigenvalue weighted by atomic mass is 9.99. The zero-order valence-electron chi connectivity index (χ0n) is 14.7. The van der Waals surface area contributed by atoms with Gasteiger partial charge in [0.2, 0.25) is 0 Å². The molecule has 1 aliphatic rings. The van der Waals surface area contributed by atoms with Crippen LogP contribution in [0.4, 0.5) is 0 Å². The van der Waals surface area contributed by atoms with E-state index in [1.807, 2.05) is 0 Å². The zero-order valence-corrected chi connectivity index (χ0v) is 15.5. The molecule has 0 unspecified atom stereocenters. The summed E-state index contributed by atoms with van der Waals surface area (Å²) in [6.07, 6.45) is -2.37. The number of ether oxygens (including phenoxy) is 5. The Kier molecular flexibility index (Phi) is 8.17. The molecule has 9 nitrogen and oxygen atoms in total. The SMILES string of the molecule is CS[C@@H]1O[C@H](COC(C)=O)[C@H](OC(C)=O)[C@H](OC(C)=O)[C@@H]1OC(C)=O. The molecule has 0 aromatic rings. The van der Waals surface area contributed by atoms with E-state index >= 15 is 0 Å². The Labute approximate surface area is 149 Å². The van der Waals surface area contributed by atoms with E-state index < -0.39 is 53.7 Å². The van der Waals surface area contributed by atoms with Gasteiger partial charge in [0.15, 0.2) is 18.3 Å². The highest BCUT2D eigenvalue weighted by molar-refractivity contribution is 7.99. The summed E-state index contributed by atoms with van der Waals surface area (Å²) < 4.78 is 26.4. The Morgan fingerprint density at radius 1 is 0.800 bits per heavy atom. The van der Waals surface area contributed by atoms with Gasteiger partial charge >= 0.3 is 23.9 Å². The van der Waals surface area contributed by atoms with Gasteiger partial charge in [-0.1, -0.05) is 0 Å². The van der Waals surface area contributed by atoms with Crippen molar-refractivity contribution in [1.29, 1.82) is 0 Å². The third-order valence-electron chi connectivity index (χ3n) is 3.18. The lowest BCUT2D eigenvalue weighted by Gasteiger charge is -2.43. The van der Waals surface area contributed by atoms with Gasteiger partial charge in [0, 0.05) is 27.7 Å². The third kappa shape index (κ3) is 6.54.